The van der Waals surface area contributed by atoms with Gasteiger partial charge in [-0.2, -0.15) is 5.10 Å². The number of benzene rings is 1. The molecular weight excluding hydrogens is 530 g/mol. The number of fused-ring (bicyclic) bond motifs is 1. The first-order valence-electron chi connectivity index (χ1n) is 12.4. The van der Waals surface area contributed by atoms with Gasteiger partial charge in [-0.05, 0) is 37.5 Å². The topological polar surface area (TPSA) is 162 Å². The first-order chi connectivity index (χ1) is 18.1. The van der Waals surface area contributed by atoms with Crippen molar-refractivity contribution in [1.29, 1.82) is 0 Å². The fourth-order valence-electron chi connectivity index (χ4n) is 4.63. The number of halogens is 1. The normalized spacial score (nSPS) is 21.8. The van der Waals surface area contributed by atoms with E-state index >= 15 is 0 Å². The number of nitrogens with zero attached hydrogens (tertiary/aromatic N) is 4. The van der Waals surface area contributed by atoms with Crippen LogP contribution in [0.15, 0.2) is 46.0 Å². The molecule has 1 aromatic carbocycles. The van der Waals surface area contributed by atoms with Gasteiger partial charge in [0, 0.05) is 50.4 Å². The summed E-state index contributed by atoms with van der Waals surface area (Å²) in [6, 6.07) is 7.57. The quantitative estimate of drug-likeness (QED) is 0.323. The molecule has 3 aliphatic rings. The summed E-state index contributed by atoms with van der Waals surface area (Å²) in [6.07, 6.45) is 5.09. The van der Waals surface area contributed by atoms with Crippen molar-refractivity contribution >= 4 is 44.6 Å². The van der Waals surface area contributed by atoms with Gasteiger partial charge >= 0.3 is 0 Å². The SMILES string of the molecule is Cc1cc(NC2=NC(N)(Cc3ccc(Cl)c(NCCS(C)(=O)=O)c3)N=C3C2=CNN3C2CCOCC2)n[nH]1. The maximum absolute atomic E-state index is 11.5. The van der Waals surface area contributed by atoms with Gasteiger partial charge in [0.25, 0.3) is 0 Å². The molecule has 4 heterocycles. The lowest BCUT2D eigenvalue weighted by Crippen LogP contribution is -2.51. The molecule has 2 aromatic rings. The van der Waals surface area contributed by atoms with Gasteiger partial charge in [-0.1, -0.05) is 17.7 Å². The van der Waals surface area contributed by atoms with Gasteiger partial charge in [0.1, 0.15) is 15.7 Å². The van der Waals surface area contributed by atoms with Gasteiger partial charge in [0.05, 0.1) is 28.1 Å². The Morgan fingerprint density at radius 2 is 2.05 bits per heavy atom. The number of aromatic nitrogens is 2. The number of aryl methyl sites for hydroxylation is 1. The summed E-state index contributed by atoms with van der Waals surface area (Å²) in [5.41, 5.74) is 13.4. The zero-order valence-electron chi connectivity index (χ0n) is 21.3. The summed E-state index contributed by atoms with van der Waals surface area (Å²) < 4.78 is 28.6. The van der Waals surface area contributed by atoms with Crippen molar-refractivity contribution in [3.63, 3.8) is 0 Å². The van der Waals surface area contributed by atoms with E-state index in [1.54, 1.807) is 6.07 Å². The van der Waals surface area contributed by atoms with Crippen molar-refractivity contribution in [2.75, 3.05) is 42.4 Å². The van der Waals surface area contributed by atoms with E-state index in [4.69, 9.17) is 32.1 Å². The number of nitrogens with one attached hydrogen (secondary N) is 4. The van der Waals surface area contributed by atoms with E-state index < -0.39 is 15.6 Å². The average Bonchev–Trinajstić information content (AvgIpc) is 3.46. The number of ether oxygens (including phenoxy) is 1. The summed E-state index contributed by atoms with van der Waals surface area (Å²) in [5, 5.41) is 16.2. The van der Waals surface area contributed by atoms with Crippen molar-refractivity contribution in [2.45, 2.75) is 38.0 Å². The van der Waals surface area contributed by atoms with Crippen LogP contribution in [-0.4, -0.2) is 78.9 Å². The number of rotatable bonds is 8. The zero-order chi connectivity index (χ0) is 26.9. The lowest BCUT2D eigenvalue weighted by atomic mass is 10.0. The zero-order valence-corrected chi connectivity index (χ0v) is 22.9. The van der Waals surface area contributed by atoms with E-state index in [2.05, 4.69) is 26.3 Å². The third-order valence-electron chi connectivity index (χ3n) is 6.47. The van der Waals surface area contributed by atoms with Crippen LogP contribution in [0, 0.1) is 6.92 Å². The highest BCUT2D eigenvalue weighted by Crippen LogP contribution is 2.30. The van der Waals surface area contributed by atoms with Crippen LogP contribution >= 0.6 is 11.6 Å². The van der Waals surface area contributed by atoms with Gasteiger partial charge in [0.2, 0.25) is 5.79 Å². The van der Waals surface area contributed by atoms with Crippen LogP contribution in [0.1, 0.15) is 24.1 Å². The Balaban J connectivity index is 1.43. The fourth-order valence-corrected chi connectivity index (χ4v) is 5.29. The molecule has 14 heteroatoms. The molecule has 1 fully saturated rings. The van der Waals surface area contributed by atoms with Crippen LogP contribution in [0.25, 0.3) is 0 Å². The Labute approximate surface area is 226 Å². The summed E-state index contributed by atoms with van der Waals surface area (Å²) in [4.78, 5) is 9.76. The number of H-pyrrole nitrogens is 1. The van der Waals surface area contributed by atoms with E-state index in [1.165, 1.54) is 6.26 Å². The Morgan fingerprint density at radius 3 is 2.76 bits per heavy atom. The summed E-state index contributed by atoms with van der Waals surface area (Å²) in [7, 11) is -3.10. The summed E-state index contributed by atoms with van der Waals surface area (Å²) in [6.45, 7) is 3.54. The molecule has 3 aliphatic heterocycles. The highest BCUT2D eigenvalue weighted by Gasteiger charge is 2.40. The molecule has 1 atom stereocenters. The second-order valence-electron chi connectivity index (χ2n) is 9.78. The summed E-state index contributed by atoms with van der Waals surface area (Å²) >= 11 is 6.37. The Bertz CT molecular complexity index is 1400. The first kappa shape index (κ1) is 26.5. The average molecular weight is 562 g/mol. The summed E-state index contributed by atoms with van der Waals surface area (Å²) in [5.74, 6) is 0.585. The molecule has 1 aromatic heterocycles. The predicted octanol–water partition coefficient (Wildman–Crippen LogP) is 1.79. The minimum atomic E-state index is -3.10. The van der Waals surface area contributed by atoms with Crippen molar-refractivity contribution < 1.29 is 13.2 Å². The predicted molar refractivity (Wildman–Crippen MR) is 149 cm³/mol. The second kappa shape index (κ2) is 10.6. The molecule has 6 N–H and O–H groups in total. The third kappa shape index (κ3) is 6.12. The van der Waals surface area contributed by atoms with E-state index in [-0.39, 0.29) is 24.8 Å². The standard InChI is InChI=1S/C24H32ClN9O3S/c1-15-11-21(33-32-15)29-22-18-14-28-34(17-5-8-37-9-6-17)23(18)31-24(26,30-22)13-16-3-4-19(25)20(12-16)27-7-10-38(2,35)36/h3-4,11-12,14,17,27-28H,5-10,13,26H2,1-2H3,(H2,29,30,32,33). The minimum Gasteiger partial charge on any atom is -0.383 e. The van der Waals surface area contributed by atoms with Gasteiger partial charge in [0.15, 0.2) is 11.7 Å². The minimum absolute atomic E-state index is 0.00181. The molecule has 5 rings (SSSR count). The van der Waals surface area contributed by atoms with Crippen LogP contribution in [0.2, 0.25) is 5.02 Å². The molecule has 204 valence electrons. The van der Waals surface area contributed by atoms with E-state index in [0.29, 0.717) is 41.4 Å². The molecule has 0 spiro atoms. The van der Waals surface area contributed by atoms with Gasteiger partial charge in [-0.3, -0.25) is 15.8 Å². The van der Waals surface area contributed by atoms with E-state index in [1.807, 2.05) is 36.3 Å². The Hall–Kier alpha value is -3.13. The molecule has 0 saturated carbocycles. The van der Waals surface area contributed by atoms with E-state index in [0.717, 1.165) is 29.7 Å². The monoisotopic (exact) mass is 561 g/mol. The largest absolute Gasteiger partial charge is 0.383 e. The van der Waals surface area contributed by atoms with Crippen molar-refractivity contribution in [3.05, 3.63) is 52.3 Å². The molecule has 0 amide bonds. The van der Waals surface area contributed by atoms with Crippen LogP contribution in [0.4, 0.5) is 11.5 Å². The number of sulfone groups is 1. The molecule has 0 aliphatic carbocycles. The third-order valence-corrected chi connectivity index (χ3v) is 7.74. The van der Waals surface area contributed by atoms with Gasteiger partial charge in [-0.25, -0.2) is 18.4 Å². The highest BCUT2D eigenvalue weighted by molar-refractivity contribution is 7.90. The number of nitrogens with two attached hydrogens (primary N) is 1. The molecule has 38 heavy (non-hydrogen) atoms. The van der Waals surface area contributed by atoms with Crippen LogP contribution in [-0.2, 0) is 21.0 Å². The fraction of sp³-hybridized carbons (Fsp3) is 0.458. The number of hydrogen-bond acceptors (Lipinski definition) is 11. The van der Waals surface area contributed by atoms with Crippen LogP contribution in [0.3, 0.4) is 0 Å². The molecule has 0 radical (unpaired) electrons. The van der Waals surface area contributed by atoms with Gasteiger partial charge < -0.3 is 20.8 Å². The Kier molecular flexibility index (Phi) is 7.36. The number of amidine groups is 2. The molecule has 0 bridgehead atoms. The second-order valence-corrected chi connectivity index (χ2v) is 12.5. The number of aromatic amines is 1. The number of hydrogen-bond donors (Lipinski definition) is 5. The smallest absolute Gasteiger partial charge is 0.210 e. The first-order valence-corrected chi connectivity index (χ1v) is 14.8. The van der Waals surface area contributed by atoms with E-state index in [9.17, 15) is 8.42 Å². The van der Waals surface area contributed by atoms with Gasteiger partial charge in [-0.15, -0.1) is 0 Å². The maximum Gasteiger partial charge on any atom is 0.210 e. The van der Waals surface area contributed by atoms with Crippen molar-refractivity contribution in [2.24, 2.45) is 15.7 Å². The molecule has 1 unspecified atom stereocenters. The van der Waals surface area contributed by atoms with Crippen molar-refractivity contribution in [1.82, 2.24) is 20.6 Å². The van der Waals surface area contributed by atoms with Crippen LogP contribution < -0.4 is 21.8 Å². The Morgan fingerprint density at radius 1 is 1.26 bits per heavy atom. The maximum atomic E-state index is 11.5. The molecule has 1 saturated heterocycles. The van der Waals surface area contributed by atoms with Crippen molar-refractivity contribution in [3.8, 4) is 0 Å². The molecular formula is C24H32ClN9O3S. The molecule has 12 nitrogen and oxygen atoms in total. The number of hydrazine groups is 1. The number of aliphatic imine (C=N–C) groups is 2. The lowest BCUT2D eigenvalue weighted by molar-refractivity contribution is 0.0486. The number of anilines is 2. The van der Waals surface area contributed by atoms with Crippen LogP contribution in [0.5, 0.6) is 0 Å². The highest BCUT2D eigenvalue weighted by atomic mass is 35.5. The lowest BCUT2D eigenvalue weighted by Gasteiger charge is -2.36.